The first-order chi connectivity index (χ1) is 13.8. The van der Waals surface area contributed by atoms with E-state index in [1.807, 2.05) is 6.07 Å². The summed E-state index contributed by atoms with van der Waals surface area (Å²) < 4.78 is -0.409. The molecule has 0 bridgehead atoms. The SMILES string of the molecule is Cl.ClCc1ncccc1SC(c1ccccc1)(c1ccccc1)c1ccccc1.[N]. The summed E-state index contributed by atoms with van der Waals surface area (Å²) >= 11 is 8.02. The van der Waals surface area contributed by atoms with Gasteiger partial charge in [-0.2, -0.15) is 0 Å². The Morgan fingerprint density at radius 2 is 1.10 bits per heavy atom. The Labute approximate surface area is 193 Å². The molecule has 3 aromatic carbocycles. The number of aromatic nitrogens is 1. The molecule has 0 aliphatic rings. The summed E-state index contributed by atoms with van der Waals surface area (Å²) in [6, 6.07) is 36.0. The average Bonchev–Trinajstić information content (AvgIpc) is 2.79. The molecule has 1 aromatic heterocycles. The number of thioether (sulfide) groups is 1. The highest BCUT2D eigenvalue weighted by Gasteiger charge is 2.38. The van der Waals surface area contributed by atoms with E-state index < -0.39 is 4.75 Å². The Bertz CT molecular complexity index is 932. The summed E-state index contributed by atoms with van der Waals surface area (Å²) in [4.78, 5) is 5.60. The highest BCUT2D eigenvalue weighted by atomic mass is 35.5. The smallest absolute Gasteiger partial charge is 0.0954 e. The number of hydrogen-bond donors (Lipinski definition) is 0. The minimum atomic E-state index is -0.409. The molecular formula is C25H21Cl2N2S. The standard InChI is InChI=1S/C25H20ClNS.ClH.N/c26-19-23-24(17-10-18-27-23)28-25(20-11-4-1-5-12-20,21-13-6-2-7-14-21)22-15-8-3-9-16-22;;/h1-18H,19H2;1H;. The lowest BCUT2D eigenvalue weighted by Crippen LogP contribution is -2.25. The van der Waals surface area contributed by atoms with E-state index in [0.717, 1.165) is 10.6 Å². The molecule has 4 rings (SSSR count). The summed E-state index contributed by atoms with van der Waals surface area (Å²) in [5.41, 5.74) is 4.58. The first-order valence-electron chi connectivity index (χ1n) is 9.20. The fourth-order valence-electron chi connectivity index (χ4n) is 3.48. The van der Waals surface area contributed by atoms with E-state index in [-0.39, 0.29) is 18.6 Å². The summed E-state index contributed by atoms with van der Waals surface area (Å²) in [7, 11) is 0. The van der Waals surface area contributed by atoms with Gasteiger partial charge < -0.3 is 0 Å². The van der Waals surface area contributed by atoms with E-state index in [1.54, 1.807) is 18.0 Å². The Kier molecular flexibility index (Phi) is 8.94. The van der Waals surface area contributed by atoms with Gasteiger partial charge in [0.15, 0.2) is 0 Å². The number of halogens is 2. The van der Waals surface area contributed by atoms with Crippen molar-refractivity contribution in [1.82, 2.24) is 11.1 Å². The number of benzene rings is 3. The predicted molar refractivity (Wildman–Crippen MR) is 128 cm³/mol. The van der Waals surface area contributed by atoms with Crippen LogP contribution < -0.4 is 6.15 Å². The number of rotatable bonds is 6. The molecular weight excluding hydrogens is 431 g/mol. The predicted octanol–water partition coefficient (Wildman–Crippen LogP) is 6.85. The van der Waals surface area contributed by atoms with Gasteiger partial charge in [0.25, 0.3) is 0 Å². The van der Waals surface area contributed by atoms with Crippen molar-refractivity contribution in [1.29, 1.82) is 0 Å². The molecule has 0 unspecified atom stereocenters. The molecule has 0 spiro atoms. The van der Waals surface area contributed by atoms with E-state index in [9.17, 15) is 0 Å². The topological polar surface area (TPSA) is 43.4 Å². The first-order valence-corrected chi connectivity index (χ1v) is 10.5. The molecule has 0 saturated heterocycles. The third-order valence-electron chi connectivity index (χ3n) is 4.78. The van der Waals surface area contributed by atoms with Crippen LogP contribution in [0.2, 0.25) is 0 Å². The number of pyridine rings is 1. The maximum atomic E-state index is 6.22. The molecule has 0 aliphatic heterocycles. The van der Waals surface area contributed by atoms with E-state index in [2.05, 4.69) is 102 Å². The van der Waals surface area contributed by atoms with E-state index in [1.165, 1.54) is 16.7 Å². The molecule has 0 fully saturated rings. The van der Waals surface area contributed by atoms with Gasteiger partial charge in [-0.05, 0) is 28.8 Å². The summed E-state index contributed by atoms with van der Waals surface area (Å²) in [5.74, 6) is 0.387. The van der Waals surface area contributed by atoms with Crippen LogP contribution in [0.4, 0.5) is 0 Å². The van der Waals surface area contributed by atoms with Crippen molar-refractivity contribution < 1.29 is 0 Å². The Morgan fingerprint density at radius 3 is 1.50 bits per heavy atom. The van der Waals surface area contributed by atoms with Crippen molar-refractivity contribution in [3.8, 4) is 0 Å². The molecule has 5 heteroatoms. The van der Waals surface area contributed by atoms with Gasteiger partial charge in [0.1, 0.15) is 0 Å². The second-order valence-electron chi connectivity index (χ2n) is 6.46. The molecule has 1 heterocycles. The van der Waals surface area contributed by atoms with Gasteiger partial charge in [-0.3, -0.25) is 4.98 Å². The van der Waals surface area contributed by atoms with Crippen LogP contribution in [0.5, 0.6) is 0 Å². The highest BCUT2D eigenvalue weighted by molar-refractivity contribution is 8.00. The van der Waals surface area contributed by atoms with Gasteiger partial charge in [-0.15, -0.1) is 35.8 Å². The monoisotopic (exact) mass is 451 g/mol. The second kappa shape index (κ2) is 11.2. The van der Waals surface area contributed by atoms with Crippen molar-refractivity contribution in [2.45, 2.75) is 15.5 Å². The van der Waals surface area contributed by atoms with E-state index >= 15 is 0 Å². The molecule has 0 saturated carbocycles. The van der Waals surface area contributed by atoms with Crippen LogP contribution in [0.15, 0.2) is 114 Å². The van der Waals surface area contributed by atoms with Gasteiger partial charge in [0.05, 0.1) is 16.3 Å². The third-order valence-corrected chi connectivity index (χ3v) is 6.64. The van der Waals surface area contributed by atoms with Crippen LogP contribution in [0, 0.1) is 0 Å². The van der Waals surface area contributed by atoms with Gasteiger partial charge in [0, 0.05) is 17.2 Å². The van der Waals surface area contributed by atoms with E-state index in [4.69, 9.17) is 11.6 Å². The van der Waals surface area contributed by atoms with Crippen molar-refractivity contribution in [2.24, 2.45) is 0 Å². The van der Waals surface area contributed by atoms with Crippen LogP contribution in [-0.2, 0) is 10.6 Å². The van der Waals surface area contributed by atoms with Crippen LogP contribution in [-0.4, -0.2) is 4.98 Å². The molecule has 0 N–H and O–H groups in total. The lowest BCUT2D eigenvalue weighted by molar-refractivity contribution is 0.890. The Morgan fingerprint density at radius 1 is 0.667 bits per heavy atom. The average molecular weight is 452 g/mol. The summed E-state index contributed by atoms with van der Waals surface area (Å²) in [6.07, 6.45) is 1.80. The fraction of sp³-hybridized carbons (Fsp3) is 0.0800. The zero-order valence-corrected chi connectivity index (χ0v) is 18.6. The van der Waals surface area contributed by atoms with Crippen LogP contribution in [0.3, 0.4) is 0 Å². The van der Waals surface area contributed by atoms with Gasteiger partial charge in [-0.25, -0.2) is 0 Å². The van der Waals surface area contributed by atoms with Crippen LogP contribution >= 0.6 is 35.8 Å². The van der Waals surface area contributed by atoms with Crippen molar-refractivity contribution in [3.05, 3.63) is 132 Å². The summed E-state index contributed by atoms with van der Waals surface area (Å²) in [5, 5.41) is 0. The number of hydrogen-bond acceptors (Lipinski definition) is 2. The highest BCUT2D eigenvalue weighted by Crippen LogP contribution is 2.52. The van der Waals surface area contributed by atoms with Crippen LogP contribution in [0.1, 0.15) is 22.4 Å². The minimum absolute atomic E-state index is 0. The molecule has 0 amide bonds. The molecule has 151 valence electrons. The number of nitrogens with zero attached hydrogens (tertiary/aromatic N) is 2. The third kappa shape index (κ3) is 4.71. The second-order valence-corrected chi connectivity index (χ2v) is 7.99. The van der Waals surface area contributed by atoms with Crippen molar-refractivity contribution in [2.75, 3.05) is 0 Å². The van der Waals surface area contributed by atoms with Crippen molar-refractivity contribution in [3.63, 3.8) is 0 Å². The Balaban J connectivity index is 0.00000160. The molecule has 0 aliphatic carbocycles. The lowest BCUT2D eigenvalue weighted by Gasteiger charge is -2.35. The minimum Gasteiger partial charge on any atom is -0.259 e. The molecule has 0 atom stereocenters. The van der Waals surface area contributed by atoms with E-state index in [0.29, 0.717) is 5.88 Å². The zero-order valence-electron chi connectivity index (χ0n) is 16.2. The Hall–Kier alpha value is -2.30. The number of alkyl halides is 1. The van der Waals surface area contributed by atoms with Gasteiger partial charge in [-0.1, -0.05) is 91.0 Å². The maximum Gasteiger partial charge on any atom is 0.0954 e. The molecule has 3 radical (unpaired) electrons. The maximum absolute atomic E-state index is 6.22. The quantitative estimate of drug-likeness (QED) is 0.183. The van der Waals surface area contributed by atoms with Gasteiger partial charge in [0.2, 0.25) is 0 Å². The fourth-order valence-corrected chi connectivity index (χ4v) is 5.25. The van der Waals surface area contributed by atoms with Gasteiger partial charge >= 0.3 is 0 Å². The lowest BCUT2D eigenvalue weighted by atomic mass is 9.84. The largest absolute Gasteiger partial charge is 0.259 e. The summed E-state index contributed by atoms with van der Waals surface area (Å²) in [6.45, 7) is 0. The zero-order chi connectivity index (χ0) is 19.2. The molecule has 2 nitrogen and oxygen atoms in total. The van der Waals surface area contributed by atoms with Crippen molar-refractivity contribution >= 4 is 35.8 Å². The molecule has 30 heavy (non-hydrogen) atoms. The van der Waals surface area contributed by atoms with Crippen LogP contribution in [0.25, 0.3) is 0 Å². The molecule has 4 aromatic rings. The first kappa shape index (κ1) is 24.0. The normalized spacial score (nSPS) is 10.6.